The highest BCUT2D eigenvalue weighted by Gasteiger charge is 2.18. The molecule has 0 aliphatic rings. The van der Waals surface area contributed by atoms with Gasteiger partial charge in [0.15, 0.2) is 5.76 Å². The number of aryl methyl sites for hydroxylation is 1. The number of carbonyl (C=O) groups excluding carboxylic acids is 1. The van der Waals surface area contributed by atoms with Crippen LogP contribution in [0.3, 0.4) is 0 Å². The third-order valence-electron chi connectivity index (χ3n) is 4.38. The van der Waals surface area contributed by atoms with Crippen molar-refractivity contribution in [3.8, 4) is 16.4 Å². The van der Waals surface area contributed by atoms with Crippen LogP contribution in [0.2, 0.25) is 0 Å². The smallest absolute Gasteiger partial charge is 0.287 e. The molecule has 1 aromatic carbocycles. The number of para-hydroxylation sites is 1. The predicted octanol–water partition coefficient (Wildman–Crippen LogP) is 3.97. The first kappa shape index (κ1) is 17.4. The molecule has 0 bridgehead atoms. The molecular weight excluding hydrogens is 390 g/mol. The molecule has 1 amide bonds. The first-order valence-corrected chi connectivity index (χ1v) is 9.70. The van der Waals surface area contributed by atoms with Gasteiger partial charge in [0.1, 0.15) is 4.83 Å². The molecule has 0 fully saturated rings. The minimum absolute atomic E-state index is 0.119. The maximum absolute atomic E-state index is 11.9. The number of rotatable bonds is 5. The van der Waals surface area contributed by atoms with E-state index in [1.807, 2.05) is 48.0 Å². The van der Waals surface area contributed by atoms with Gasteiger partial charge in [-0.2, -0.15) is 10.1 Å². The molecule has 4 aromatic heterocycles. The largest absolute Gasteiger partial charge is 0.459 e. The Morgan fingerprint density at radius 2 is 2.07 bits per heavy atom. The normalized spacial score (nSPS) is 11.2. The summed E-state index contributed by atoms with van der Waals surface area (Å²) in [5.74, 6) is 0.691. The summed E-state index contributed by atoms with van der Waals surface area (Å²) in [5, 5.41) is 12.4. The molecule has 9 heteroatoms. The highest BCUT2D eigenvalue weighted by atomic mass is 32.1. The lowest BCUT2D eigenvalue weighted by atomic mass is 10.3. The molecular formula is C20H15N5O3S. The van der Waals surface area contributed by atoms with Gasteiger partial charge in [0.05, 0.1) is 29.1 Å². The Hall–Kier alpha value is -3.72. The highest BCUT2D eigenvalue weighted by Crippen LogP contribution is 2.35. The lowest BCUT2D eigenvalue weighted by molar-refractivity contribution is 0.0918. The van der Waals surface area contributed by atoms with Crippen molar-refractivity contribution < 1.29 is 13.7 Å². The summed E-state index contributed by atoms with van der Waals surface area (Å²) in [5.41, 5.74) is 1.93. The first-order chi connectivity index (χ1) is 14.2. The fourth-order valence-electron chi connectivity index (χ4n) is 2.98. The van der Waals surface area contributed by atoms with Crippen molar-refractivity contribution in [1.29, 1.82) is 0 Å². The van der Waals surface area contributed by atoms with E-state index in [1.165, 1.54) is 6.26 Å². The van der Waals surface area contributed by atoms with Crippen molar-refractivity contribution in [3.05, 3.63) is 72.1 Å². The number of nitrogens with one attached hydrogen (secondary N) is 1. The second kappa shape index (κ2) is 7.02. The minimum atomic E-state index is -0.338. The lowest BCUT2D eigenvalue weighted by Crippen LogP contribution is -2.22. The quantitative estimate of drug-likeness (QED) is 0.475. The van der Waals surface area contributed by atoms with Gasteiger partial charge in [-0.1, -0.05) is 23.4 Å². The number of hydrogen-bond acceptors (Lipinski definition) is 7. The summed E-state index contributed by atoms with van der Waals surface area (Å²) in [7, 11) is 0. The van der Waals surface area contributed by atoms with Crippen molar-refractivity contribution in [2.45, 2.75) is 13.5 Å². The third kappa shape index (κ3) is 3.21. The molecule has 1 N–H and O–H groups in total. The number of carbonyl (C=O) groups is 1. The average molecular weight is 405 g/mol. The summed E-state index contributed by atoms with van der Waals surface area (Å²) in [4.78, 5) is 18.2. The van der Waals surface area contributed by atoms with Gasteiger partial charge < -0.3 is 14.3 Å². The van der Waals surface area contributed by atoms with E-state index in [-0.39, 0.29) is 18.2 Å². The van der Waals surface area contributed by atoms with Crippen molar-refractivity contribution in [3.63, 3.8) is 0 Å². The molecule has 0 aliphatic heterocycles. The van der Waals surface area contributed by atoms with Gasteiger partial charge in [-0.3, -0.25) is 4.79 Å². The van der Waals surface area contributed by atoms with Gasteiger partial charge in [0, 0.05) is 5.39 Å². The van der Waals surface area contributed by atoms with Crippen LogP contribution in [0.15, 0.2) is 63.7 Å². The van der Waals surface area contributed by atoms with Crippen LogP contribution in [0.25, 0.3) is 26.6 Å². The van der Waals surface area contributed by atoms with E-state index >= 15 is 0 Å². The maximum atomic E-state index is 11.9. The first-order valence-electron chi connectivity index (χ1n) is 8.88. The molecule has 0 spiro atoms. The minimum Gasteiger partial charge on any atom is -0.459 e. The number of benzene rings is 1. The van der Waals surface area contributed by atoms with Gasteiger partial charge in [-0.05, 0) is 37.3 Å². The van der Waals surface area contributed by atoms with E-state index in [2.05, 4.69) is 20.6 Å². The van der Waals surface area contributed by atoms with Crippen LogP contribution in [0.1, 0.15) is 22.1 Å². The van der Waals surface area contributed by atoms with E-state index in [0.29, 0.717) is 11.7 Å². The molecule has 4 heterocycles. The second-order valence-corrected chi connectivity index (χ2v) is 7.36. The van der Waals surface area contributed by atoms with Crippen LogP contribution < -0.4 is 5.32 Å². The summed E-state index contributed by atoms with van der Waals surface area (Å²) < 4.78 is 12.3. The van der Waals surface area contributed by atoms with Gasteiger partial charge in [-0.25, -0.2) is 4.68 Å². The van der Waals surface area contributed by atoms with E-state index in [1.54, 1.807) is 23.5 Å². The van der Waals surface area contributed by atoms with Crippen LogP contribution in [-0.4, -0.2) is 25.8 Å². The van der Waals surface area contributed by atoms with Crippen LogP contribution in [0.4, 0.5) is 0 Å². The molecule has 0 unspecified atom stereocenters. The summed E-state index contributed by atoms with van der Waals surface area (Å²) in [6.07, 6.45) is 1.44. The van der Waals surface area contributed by atoms with Gasteiger partial charge in [-0.15, -0.1) is 11.3 Å². The SMILES string of the molecule is Cc1nn(-c2ccccc2)c2sc(-c3noc(CNC(=O)c4ccco4)n3)cc12. The number of thiophene rings is 1. The van der Waals surface area contributed by atoms with Gasteiger partial charge >= 0.3 is 0 Å². The van der Waals surface area contributed by atoms with Crippen molar-refractivity contribution in [2.75, 3.05) is 0 Å². The zero-order valence-corrected chi connectivity index (χ0v) is 16.1. The highest BCUT2D eigenvalue weighted by molar-refractivity contribution is 7.21. The third-order valence-corrected chi connectivity index (χ3v) is 5.49. The Morgan fingerprint density at radius 3 is 2.86 bits per heavy atom. The number of fused-ring (bicyclic) bond motifs is 1. The summed E-state index contributed by atoms with van der Waals surface area (Å²) in [6.45, 7) is 2.10. The molecule has 0 aliphatic carbocycles. The Kier molecular flexibility index (Phi) is 4.21. The molecule has 29 heavy (non-hydrogen) atoms. The zero-order valence-electron chi connectivity index (χ0n) is 15.3. The number of aromatic nitrogens is 4. The van der Waals surface area contributed by atoms with E-state index in [0.717, 1.165) is 26.5 Å². The van der Waals surface area contributed by atoms with E-state index in [9.17, 15) is 4.79 Å². The fourth-order valence-corrected chi connectivity index (χ4v) is 4.09. The van der Waals surface area contributed by atoms with Crippen LogP contribution >= 0.6 is 11.3 Å². The number of nitrogens with zero attached hydrogens (tertiary/aromatic N) is 4. The Bertz CT molecular complexity index is 1280. The average Bonchev–Trinajstić information content (AvgIpc) is 3.52. The zero-order chi connectivity index (χ0) is 19.8. The molecule has 0 radical (unpaired) electrons. The Labute approximate surface area is 168 Å². The van der Waals surface area contributed by atoms with Crippen molar-refractivity contribution in [2.24, 2.45) is 0 Å². The van der Waals surface area contributed by atoms with E-state index < -0.39 is 0 Å². The molecule has 0 saturated carbocycles. The molecule has 0 saturated heterocycles. The molecule has 0 atom stereocenters. The van der Waals surface area contributed by atoms with Gasteiger partial charge in [0.25, 0.3) is 5.91 Å². The van der Waals surface area contributed by atoms with Crippen LogP contribution in [0, 0.1) is 6.92 Å². The molecule has 8 nitrogen and oxygen atoms in total. The van der Waals surface area contributed by atoms with Gasteiger partial charge in [0.2, 0.25) is 11.7 Å². The van der Waals surface area contributed by atoms with Crippen molar-refractivity contribution >= 4 is 27.5 Å². The number of furan rings is 1. The molecule has 5 rings (SSSR count). The number of amides is 1. The second-order valence-electron chi connectivity index (χ2n) is 6.33. The predicted molar refractivity (Wildman–Crippen MR) is 107 cm³/mol. The topological polar surface area (TPSA) is 99.0 Å². The summed E-state index contributed by atoms with van der Waals surface area (Å²) >= 11 is 1.54. The fraction of sp³-hybridized carbons (Fsp3) is 0.100. The molecule has 5 aromatic rings. The summed E-state index contributed by atoms with van der Waals surface area (Å²) in [6, 6.07) is 15.2. The monoisotopic (exact) mass is 405 g/mol. The molecule has 144 valence electrons. The Morgan fingerprint density at radius 1 is 1.21 bits per heavy atom. The standard InChI is InChI=1S/C20H15N5O3S/c1-12-14-10-16(29-20(14)25(23-12)13-6-3-2-4-7-13)18-22-17(28-24-18)11-21-19(26)15-8-5-9-27-15/h2-10H,11H2,1H3,(H,21,26). The van der Waals surface area contributed by atoms with Crippen LogP contribution in [0.5, 0.6) is 0 Å². The number of hydrogen-bond donors (Lipinski definition) is 1. The lowest BCUT2D eigenvalue weighted by Gasteiger charge is -2.00. The van der Waals surface area contributed by atoms with Crippen molar-refractivity contribution in [1.82, 2.24) is 25.2 Å². The Balaban J connectivity index is 1.40. The van der Waals surface area contributed by atoms with E-state index in [4.69, 9.17) is 8.94 Å². The maximum Gasteiger partial charge on any atom is 0.287 e. The van der Waals surface area contributed by atoms with Crippen LogP contribution in [-0.2, 0) is 6.54 Å².